The number of carbonyl (C=O) groups is 2. The number of imide groups is 1. The first-order chi connectivity index (χ1) is 11.8. The van der Waals surface area contributed by atoms with Gasteiger partial charge in [-0.05, 0) is 62.4 Å². The third-order valence-electron chi connectivity index (χ3n) is 4.12. The van der Waals surface area contributed by atoms with Gasteiger partial charge in [-0.3, -0.25) is 14.5 Å². The molecule has 0 bridgehead atoms. The van der Waals surface area contributed by atoms with Gasteiger partial charge in [-0.2, -0.15) is 0 Å². The summed E-state index contributed by atoms with van der Waals surface area (Å²) >= 11 is 13.5. The minimum Gasteiger partial charge on any atom is -0.316 e. The highest BCUT2D eigenvalue weighted by Crippen LogP contribution is 2.35. The van der Waals surface area contributed by atoms with E-state index in [2.05, 4.69) is 0 Å². The Morgan fingerprint density at radius 1 is 1.20 bits per heavy atom. The number of thioether (sulfide) groups is 1. The van der Waals surface area contributed by atoms with Crippen molar-refractivity contribution in [1.29, 1.82) is 0 Å². The lowest BCUT2D eigenvalue weighted by atomic mass is 10.2. The first kappa shape index (κ1) is 18.1. The molecule has 1 aliphatic rings. The van der Waals surface area contributed by atoms with Crippen molar-refractivity contribution in [2.45, 2.75) is 20.8 Å². The fraction of sp³-hybridized carbons (Fsp3) is 0.222. The second-order valence-corrected chi connectivity index (χ2v) is 7.44. The molecule has 1 aromatic heterocycles. The zero-order chi connectivity index (χ0) is 18.3. The van der Waals surface area contributed by atoms with Crippen LogP contribution in [0, 0.1) is 13.8 Å². The highest BCUT2D eigenvalue weighted by molar-refractivity contribution is 8.18. The largest absolute Gasteiger partial charge is 0.316 e. The Labute approximate surface area is 160 Å². The molecule has 2 aromatic rings. The summed E-state index contributed by atoms with van der Waals surface area (Å²) in [6.45, 7) is 6.06. The lowest BCUT2D eigenvalue weighted by Crippen LogP contribution is -2.27. The molecule has 2 heterocycles. The lowest BCUT2D eigenvalue weighted by molar-refractivity contribution is -0.122. The van der Waals surface area contributed by atoms with Crippen LogP contribution in [0.2, 0.25) is 10.0 Å². The van der Waals surface area contributed by atoms with Crippen molar-refractivity contribution in [2.75, 3.05) is 6.54 Å². The number of amides is 2. The third-order valence-corrected chi connectivity index (χ3v) is 5.84. The Morgan fingerprint density at radius 2 is 1.92 bits per heavy atom. The van der Waals surface area contributed by atoms with Gasteiger partial charge in [0, 0.05) is 17.9 Å². The van der Waals surface area contributed by atoms with Gasteiger partial charge in [-0.1, -0.05) is 29.3 Å². The first-order valence-electron chi connectivity index (χ1n) is 7.73. The molecule has 4 nitrogen and oxygen atoms in total. The van der Waals surface area contributed by atoms with E-state index in [1.165, 1.54) is 4.90 Å². The average Bonchev–Trinajstić information content (AvgIpc) is 2.99. The zero-order valence-corrected chi connectivity index (χ0v) is 16.3. The van der Waals surface area contributed by atoms with E-state index in [9.17, 15) is 9.59 Å². The predicted molar refractivity (Wildman–Crippen MR) is 104 cm³/mol. The lowest BCUT2D eigenvalue weighted by Gasteiger charge is -2.12. The van der Waals surface area contributed by atoms with Crippen LogP contribution >= 0.6 is 35.0 Å². The molecule has 0 radical (unpaired) electrons. The standard InChI is InChI=1S/C18H16Cl2N2O2S/c1-4-21-17(23)15(25-18(21)24)9-12-8-10(2)22(11(12)3)14-7-5-6-13(19)16(14)20/h5-9H,4H2,1-3H3/b15-9+. The summed E-state index contributed by atoms with van der Waals surface area (Å²) < 4.78 is 1.99. The number of nitrogens with zero attached hydrogens (tertiary/aromatic N) is 2. The Morgan fingerprint density at radius 3 is 2.56 bits per heavy atom. The third kappa shape index (κ3) is 3.12. The monoisotopic (exact) mass is 394 g/mol. The summed E-state index contributed by atoms with van der Waals surface area (Å²) in [5, 5.41) is 0.728. The molecule has 0 unspecified atom stereocenters. The van der Waals surface area contributed by atoms with Gasteiger partial charge < -0.3 is 4.57 Å². The van der Waals surface area contributed by atoms with Gasteiger partial charge in [0.25, 0.3) is 11.1 Å². The molecule has 1 saturated heterocycles. The maximum Gasteiger partial charge on any atom is 0.293 e. The molecule has 2 amide bonds. The molecule has 1 fully saturated rings. The van der Waals surface area contributed by atoms with Crippen LogP contribution in [0.1, 0.15) is 23.9 Å². The smallest absolute Gasteiger partial charge is 0.293 e. The highest BCUT2D eigenvalue weighted by atomic mass is 35.5. The molecular formula is C18H16Cl2N2O2S. The number of carbonyl (C=O) groups excluding carboxylic acids is 2. The molecule has 1 aromatic carbocycles. The summed E-state index contributed by atoms with van der Waals surface area (Å²) in [6.07, 6.45) is 1.76. The fourth-order valence-corrected chi connectivity index (χ4v) is 4.16. The summed E-state index contributed by atoms with van der Waals surface area (Å²) in [6, 6.07) is 7.44. The predicted octanol–water partition coefficient (Wildman–Crippen LogP) is 5.46. The van der Waals surface area contributed by atoms with E-state index in [1.807, 2.05) is 36.6 Å². The van der Waals surface area contributed by atoms with Crippen molar-refractivity contribution in [1.82, 2.24) is 9.47 Å². The Hall–Kier alpha value is -1.69. The first-order valence-corrected chi connectivity index (χ1v) is 9.31. The van der Waals surface area contributed by atoms with Crippen LogP contribution in [0.15, 0.2) is 29.2 Å². The van der Waals surface area contributed by atoms with Crippen LogP contribution in [-0.2, 0) is 4.79 Å². The SMILES string of the molecule is CCN1C(=O)S/C(=C/c2cc(C)n(-c3cccc(Cl)c3Cl)c2C)C1=O. The zero-order valence-electron chi connectivity index (χ0n) is 14.0. The van der Waals surface area contributed by atoms with Gasteiger partial charge in [0.2, 0.25) is 0 Å². The number of aromatic nitrogens is 1. The quantitative estimate of drug-likeness (QED) is 0.649. The minimum atomic E-state index is -0.247. The molecular weight excluding hydrogens is 379 g/mol. The average molecular weight is 395 g/mol. The summed E-state index contributed by atoms with van der Waals surface area (Å²) in [5.41, 5.74) is 3.54. The highest BCUT2D eigenvalue weighted by Gasteiger charge is 2.33. The Kier molecular flexibility index (Phi) is 5.00. The maximum atomic E-state index is 12.3. The van der Waals surface area contributed by atoms with Gasteiger partial charge in [0.15, 0.2) is 0 Å². The van der Waals surface area contributed by atoms with Gasteiger partial charge in [0.1, 0.15) is 0 Å². The van der Waals surface area contributed by atoms with Gasteiger partial charge in [0.05, 0.1) is 20.6 Å². The molecule has 0 aliphatic carbocycles. The number of benzene rings is 1. The second kappa shape index (κ2) is 6.90. The van der Waals surface area contributed by atoms with Gasteiger partial charge in [-0.25, -0.2) is 0 Å². The number of hydrogen-bond acceptors (Lipinski definition) is 3. The minimum absolute atomic E-state index is 0.231. The van der Waals surface area contributed by atoms with E-state index in [0.717, 1.165) is 34.4 Å². The van der Waals surface area contributed by atoms with Crippen molar-refractivity contribution in [3.63, 3.8) is 0 Å². The number of halogens is 2. The number of aryl methyl sites for hydroxylation is 1. The van der Waals surface area contributed by atoms with Crippen molar-refractivity contribution in [2.24, 2.45) is 0 Å². The van der Waals surface area contributed by atoms with Crippen LogP contribution in [-0.4, -0.2) is 27.2 Å². The molecule has 1 aliphatic heterocycles. The van der Waals surface area contributed by atoms with E-state index in [-0.39, 0.29) is 11.1 Å². The molecule has 0 saturated carbocycles. The molecule has 25 heavy (non-hydrogen) atoms. The van der Waals surface area contributed by atoms with Crippen molar-refractivity contribution in [3.8, 4) is 5.69 Å². The summed E-state index contributed by atoms with van der Waals surface area (Å²) in [4.78, 5) is 25.8. The Bertz CT molecular complexity index is 918. The van der Waals surface area contributed by atoms with E-state index < -0.39 is 0 Å². The van der Waals surface area contributed by atoms with Crippen molar-refractivity contribution < 1.29 is 9.59 Å². The van der Waals surface area contributed by atoms with Crippen LogP contribution in [0.4, 0.5) is 4.79 Å². The van der Waals surface area contributed by atoms with E-state index in [4.69, 9.17) is 23.2 Å². The number of hydrogen-bond donors (Lipinski definition) is 0. The molecule has 0 spiro atoms. The topological polar surface area (TPSA) is 42.3 Å². The molecule has 3 rings (SSSR count). The van der Waals surface area contributed by atoms with Crippen molar-refractivity contribution >= 4 is 52.2 Å². The maximum absolute atomic E-state index is 12.3. The van der Waals surface area contributed by atoms with Crippen LogP contribution < -0.4 is 0 Å². The van der Waals surface area contributed by atoms with E-state index in [0.29, 0.717) is 21.5 Å². The van der Waals surface area contributed by atoms with Crippen molar-refractivity contribution in [3.05, 3.63) is 56.2 Å². The number of rotatable bonds is 3. The number of likely N-dealkylation sites (N-methyl/N-ethyl adjacent to an activating group) is 1. The second-order valence-electron chi connectivity index (χ2n) is 5.66. The Balaban J connectivity index is 2.07. The summed E-state index contributed by atoms with van der Waals surface area (Å²) in [7, 11) is 0. The molecule has 0 atom stereocenters. The molecule has 0 N–H and O–H groups in total. The van der Waals surface area contributed by atoms with Gasteiger partial charge in [-0.15, -0.1) is 0 Å². The van der Waals surface area contributed by atoms with Crippen LogP contribution in [0.3, 0.4) is 0 Å². The van der Waals surface area contributed by atoms with Crippen LogP contribution in [0.5, 0.6) is 0 Å². The van der Waals surface area contributed by atoms with Crippen LogP contribution in [0.25, 0.3) is 11.8 Å². The molecule has 130 valence electrons. The summed E-state index contributed by atoms with van der Waals surface area (Å²) in [5.74, 6) is -0.247. The van der Waals surface area contributed by atoms with Gasteiger partial charge >= 0.3 is 0 Å². The van der Waals surface area contributed by atoms with E-state index in [1.54, 1.807) is 19.1 Å². The normalized spacial score (nSPS) is 16.4. The fourth-order valence-electron chi connectivity index (χ4n) is 2.88. The van der Waals surface area contributed by atoms with E-state index >= 15 is 0 Å². The molecule has 7 heteroatoms.